The summed E-state index contributed by atoms with van der Waals surface area (Å²) >= 11 is 0. The number of carbonyl (C=O) groups excluding carboxylic acids is 1. The maximum absolute atomic E-state index is 12.1. The SMILES string of the molecule is N#C[C@]1(COC(=O)OC2CC3(CCC3)C2)O[C@@H](c2ccc3c(N)ncnn23)[C@H](O)[C@@H]1O. The fourth-order valence-electron chi connectivity index (χ4n) is 4.89. The van der Waals surface area contributed by atoms with Crippen LogP contribution in [0.4, 0.5) is 10.6 Å². The van der Waals surface area contributed by atoms with Crippen molar-refractivity contribution in [1.82, 2.24) is 14.6 Å². The summed E-state index contributed by atoms with van der Waals surface area (Å²) in [6, 6.07) is 5.09. The van der Waals surface area contributed by atoms with Crippen LogP contribution < -0.4 is 5.73 Å². The molecule has 164 valence electrons. The van der Waals surface area contributed by atoms with Crippen molar-refractivity contribution in [2.24, 2.45) is 5.41 Å². The summed E-state index contributed by atoms with van der Waals surface area (Å²) in [5, 5.41) is 35.0. The number of aliphatic hydroxyl groups excluding tert-OH is 2. The lowest BCUT2D eigenvalue weighted by Gasteiger charge is -2.53. The molecule has 0 bridgehead atoms. The number of rotatable bonds is 4. The number of hydrogen-bond donors (Lipinski definition) is 3. The van der Waals surface area contributed by atoms with Gasteiger partial charge in [-0.25, -0.2) is 14.3 Å². The zero-order chi connectivity index (χ0) is 21.8. The highest BCUT2D eigenvalue weighted by molar-refractivity contribution is 5.65. The van der Waals surface area contributed by atoms with E-state index in [1.165, 1.54) is 30.1 Å². The van der Waals surface area contributed by atoms with E-state index in [4.69, 9.17) is 19.9 Å². The van der Waals surface area contributed by atoms with Crippen LogP contribution >= 0.6 is 0 Å². The van der Waals surface area contributed by atoms with Crippen LogP contribution in [0.1, 0.15) is 43.9 Å². The molecule has 0 aromatic carbocycles. The largest absolute Gasteiger partial charge is 0.508 e. The second kappa shape index (κ2) is 7.05. The average Bonchev–Trinajstić information content (AvgIpc) is 3.23. The Bertz CT molecular complexity index is 1050. The Morgan fingerprint density at radius 2 is 2.16 bits per heavy atom. The van der Waals surface area contributed by atoms with Gasteiger partial charge in [-0.1, -0.05) is 6.42 Å². The van der Waals surface area contributed by atoms with E-state index in [0.717, 1.165) is 12.8 Å². The van der Waals surface area contributed by atoms with Gasteiger partial charge in [-0.15, -0.1) is 0 Å². The van der Waals surface area contributed by atoms with Gasteiger partial charge in [0.2, 0.25) is 5.60 Å². The minimum atomic E-state index is -1.96. The summed E-state index contributed by atoms with van der Waals surface area (Å²) in [5.74, 6) is 0.228. The summed E-state index contributed by atoms with van der Waals surface area (Å²) in [7, 11) is 0. The summed E-state index contributed by atoms with van der Waals surface area (Å²) in [6.45, 7) is -0.588. The van der Waals surface area contributed by atoms with Crippen molar-refractivity contribution in [1.29, 1.82) is 5.26 Å². The molecule has 1 spiro atoms. The molecule has 1 saturated heterocycles. The Hall–Kier alpha value is -2.94. The topological polar surface area (TPSA) is 165 Å². The van der Waals surface area contributed by atoms with E-state index in [1.54, 1.807) is 12.1 Å². The predicted molar refractivity (Wildman–Crippen MR) is 103 cm³/mol. The quantitative estimate of drug-likeness (QED) is 0.593. The average molecular weight is 429 g/mol. The predicted octanol–water partition coefficient (Wildman–Crippen LogP) is 0.853. The molecule has 2 aromatic heterocycles. The van der Waals surface area contributed by atoms with Crippen molar-refractivity contribution in [3.8, 4) is 6.07 Å². The molecule has 0 radical (unpaired) electrons. The van der Waals surface area contributed by atoms with Gasteiger partial charge < -0.3 is 30.2 Å². The van der Waals surface area contributed by atoms with Gasteiger partial charge in [0, 0.05) is 0 Å². The Balaban J connectivity index is 1.27. The second-order valence-electron chi connectivity index (χ2n) is 8.72. The number of nitrogen functional groups attached to an aromatic ring is 1. The Morgan fingerprint density at radius 3 is 2.84 bits per heavy atom. The van der Waals surface area contributed by atoms with Crippen molar-refractivity contribution < 1.29 is 29.2 Å². The number of nitriles is 1. The second-order valence-corrected chi connectivity index (χ2v) is 8.72. The van der Waals surface area contributed by atoms with Crippen molar-refractivity contribution in [3.05, 3.63) is 24.2 Å². The molecule has 31 heavy (non-hydrogen) atoms. The first kappa shape index (κ1) is 20.0. The van der Waals surface area contributed by atoms with E-state index < -0.39 is 36.7 Å². The fourth-order valence-corrected chi connectivity index (χ4v) is 4.89. The van der Waals surface area contributed by atoms with Crippen LogP contribution in [0, 0.1) is 16.7 Å². The summed E-state index contributed by atoms with van der Waals surface area (Å²) in [5.41, 5.74) is 5.07. The van der Waals surface area contributed by atoms with Crippen molar-refractivity contribution in [2.75, 3.05) is 12.3 Å². The Kier molecular flexibility index (Phi) is 4.55. The molecule has 1 aliphatic heterocycles. The van der Waals surface area contributed by atoms with Gasteiger partial charge in [-0.05, 0) is 43.2 Å². The molecular weight excluding hydrogens is 406 g/mol. The summed E-state index contributed by atoms with van der Waals surface area (Å²) in [4.78, 5) is 16.0. The zero-order valence-corrected chi connectivity index (χ0v) is 16.7. The number of hydrogen-bond acceptors (Lipinski definition) is 10. The van der Waals surface area contributed by atoms with Crippen molar-refractivity contribution in [2.45, 2.75) is 62.1 Å². The van der Waals surface area contributed by atoms with Crippen LogP contribution in [0.3, 0.4) is 0 Å². The molecule has 3 heterocycles. The highest BCUT2D eigenvalue weighted by Gasteiger charge is 2.57. The molecule has 4 atom stereocenters. The maximum atomic E-state index is 12.1. The first-order valence-corrected chi connectivity index (χ1v) is 10.2. The van der Waals surface area contributed by atoms with Gasteiger partial charge in [0.1, 0.15) is 48.9 Å². The molecule has 5 rings (SSSR count). The minimum Gasteiger partial charge on any atom is -0.431 e. The lowest BCUT2D eigenvalue weighted by molar-refractivity contribution is -0.119. The molecule has 0 unspecified atom stereocenters. The number of anilines is 1. The van der Waals surface area contributed by atoms with Gasteiger partial charge >= 0.3 is 6.16 Å². The maximum Gasteiger partial charge on any atom is 0.508 e. The van der Waals surface area contributed by atoms with Crippen LogP contribution in [0.2, 0.25) is 0 Å². The number of nitrogens with zero attached hydrogens (tertiary/aromatic N) is 4. The third-order valence-electron chi connectivity index (χ3n) is 6.84. The van der Waals surface area contributed by atoms with E-state index in [-0.39, 0.29) is 11.9 Å². The number of aromatic nitrogens is 3. The van der Waals surface area contributed by atoms with E-state index >= 15 is 0 Å². The number of ether oxygens (including phenoxy) is 3. The number of aliphatic hydroxyl groups is 2. The molecule has 0 amide bonds. The molecule has 4 N–H and O–H groups in total. The molecule has 2 saturated carbocycles. The first-order valence-electron chi connectivity index (χ1n) is 10.2. The summed E-state index contributed by atoms with van der Waals surface area (Å²) in [6.07, 6.45) is 1.18. The number of nitrogens with two attached hydrogens (primary N) is 1. The van der Waals surface area contributed by atoms with Gasteiger partial charge in [-0.2, -0.15) is 10.4 Å². The van der Waals surface area contributed by atoms with Crippen molar-refractivity contribution in [3.63, 3.8) is 0 Å². The molecule has 3 aliphatic rings. The van der Waals surface area contributed by atoms with E-state index in [9.17, 15) is 20.3 Å². The highest BCUT2D eigenvalue weighted by atomic mass is 16.7. The first-order chi connectivity index (χ1) is 14.9. The fraction of sp³-hybridized carbons (Fsp3) is 0.600. The number of fused-ring (bicyclic) bond motifs is 1. The molecule has 11 heteroatoms. The normalized spacial score (nSPS) is 31.7. The zero-order valence-electron chi connectivity index (χ0n) is 16.7. The van der Waals surface area contributed by atoms with Crippen molar-refractivity contribution >= 4 is 17.5 Å². The third kappa shape index (κ3) is 3.10. The van der Waals surface area contributed by atoms with Crippen LogP contribution in [-0.4, -0.2) is 61.5 Å². The molecule has 3 fully saturated rings. The monoisotopic (exact) mass is 429 g/mol. The highest BCUT2D eigenvalue weighted by Crippen LogP contribution is 2.56. The minimum absolute atomic E-state index is 0.184. The molecular formula is C20H23N5O6. The van der Waals surface area contributed by atoms with Crippen LogP contribution in [0.15, 0.2) is 18.5 Å². The lowest BCUT2D eigenvalue weighted by atomic mass is 9.55. The van der Waals surface area contributed by atoms with E-state index in [2.05, 4.69) is 10.1 Å². The van der Waals surface area contributed by atoms with E-state index in [0.29, 0.717) is 16.6 Å². The van der Waals surface area contributed by atoms with Gasteiger partial charge in [0.05, 0.1) is 5.69 Å². The van der Waals surface area contributed by atoms with Gasteiger partial charge in [0.25, 0.3) is 0 Å². The lowest BCUT2D eigenvalue weighted by Crippen LogP contribution is -2.49. The molecule has 2 aromatic rings. The standard InChI is InChI=1S/C20H23N5O6/c21-8-20(9-29-18(28)30-11-6-19(7-11)4-1-5-19)16(27)14(26)15(31-20)12-2-3-13-17(22)23-10-24-25(12)13/h2-3,10-11,14-16,26-27H,1,4-7,9H2,(H2,22,23,24)/t14-,15-,16-,20+/m0/s1. The summed E-state index contributed by atoms with van der Waals surface area (Å²) < 4.78 is 17.6. The smallest absolute Gasteiger partial charge is 0.431 e. The van der Waals surface area contributed by atoms with Crippen LogP contribution in [0.5, 0.6) is 0 Å². The molecule has 2 aliphatic carbocycles. The van der Waals surface area contributed by atoms with E-state index in [1.807, 2.05) is 6.07 Å². The third-order valence-corrected chi connectivity index (χ3v) is 6.84. The van der Waals surface area contributed by atoms with Crippen LogP contribution in [0.25, 0.3) is 5.52 Å². The Labute approximate surface area is 177 Å². The molecule has 11 nitrogen and oxygen atoms in total. The van der Waals surface area contributed by atoms with Gasteiger partial charge in [-0.3, -0.25) is 0 Å². The van der Waals surface area contributed by atoms with Gasteiger partial charge in [0.15, 0.2) is 5.82 Å². The van der Waals surface area contributed by atoms with Crippen LogP contribution in [-0.2, 0) is 14.2 Å². The number of carbonyl (C=O) groups is 1. The Morgan fingerprint density at radius 1 is 1.39 bits per heavy atom.